The van der Waals surface area contributed by atoms with Crippen molar-refractivity contribution in [3.05, 3.63) is 71.4 Å². The summed E-state index contributed by atoms with van der Waals surface area (Å²) in [6.07, 6.45) is -0.297. The summed E-state index contributed by atoms with van der Waals surface area (Å²) >= 11 is 2.77. The number of para-hydroxylation sites is 1. The second-order valence-electron chi connectivity index (χ2n) is 9.00. The Morgan fingerprint density at radius 1 is 1.03 bits per heavy atom. The van der Waals surface area contributed by atoms with Gasteiger partial charge in [0.05, 0.1) is 11.4 Å². The molecule has 4 aromatic rings. The lowest BCUT2D eigenvalue weighted by Crippen LogP contribution is -2.17. The topological polar surface area (TPSA) is 81.9 Å². The minimum absolute atomic E-state index is 0.111. The maximum absolute atomic E-state index is 12.6. The fourth-order valence-electron chi connectivity index (χ4n) is 3.82. The molecule has 9 heteroatoms. The van der Waals surface area contributed by atoms with Gasteiger partial charge in [0.25, 0.3) is 0 Å². The van der Waals surface area contributed by atoms with E-state index >= 15 is 0 Å². The molecule has 0 aliphatic rings. The van der Waals surface area contributed by atoms with Crippen LogP contribution in [0.4, 0.5) is 5.13 Å². The average molecular weight is 522 g/mol. The molecule has 7 nitrogen and oxygen atoms in total. The number of carbonyl (C=O) groups is 1. The minimum atomic E-state index is -0.297. The summed E-state index contributed by atoms with van der Waals surface area (Å²) in [5.74, 6) is 2.01. The molecule has 36 heavy (non-hydrogen) atoms. The maximum atomic E-state index is 12.6. The van der Waals surface area contributed by atoms with Gasteiger partial charge in [-0.25, -0.2) is 4.98 Å². The molecule has 4 rings (SSSR count). The van der Waals surface area contributed by atoms with Crippen LogP contribution in [0.1, 0.15) is 64.1 Å². The third-order valence-electron chi connectivity index (χ3n) is 5.57. The summed E-state index contributed by atoms with van der Waals surface area (Å²) in [5, 5.41) is 14.9. The Morgan fingerprint density at radius 2 is 1.75 bits per heavy atom. The largest absolute Gasteiger partial charge is 0.482 e. The van der Waals surface area contributed by atoms with E-state index in [1.54, 1.807) is 0 Å². The first kappa shape index (κ1) is 25.9. The van der Waals surface area contributed by atoms with Crippen LogP contribution in [0.3, 0.4) is 0 Å². The number of hydrogen-bond donors (Lipinski definition) is 1. The van der Waals surface area contributed by atoms with Gasteiger partial charge < -0.3 is 14.6 Å². The second-order valence-corrected chi connectivity index (χ2v) is 10.8. The molecule has 1 amide bonds. The van der Waals surface area contributed by atoms with Crippen LogP contribution in [0.25, 0.3) is 11.3 Å². The lowest BCUT2D eigenvalue weighted by atomic mass is 10.0. The fraction of sp³-hybridized carbons (Fsp3) is 0.333. The molecular weight excluding hydrogens is 490 g/mol. The normalized spacial score (nSPS) is 12.2. The summed E-state index contributed by atoms with van der Waals surface area (Å²) in [5.41, 5.74) is 3.03. The molecule has 1 N–H and O–H groups in total. The van der Waals surface area contributed by atoms with Crippen molar-refractivity contribution in [3.63, 3.8) is 0 Å². The second kappa shape index (κ2) is 11.7. The zero-order valence-corrected chi connectivity index (χ0v) is 22.8. The number of benzene rings is 2. The van der Waals surface area contributed by atoms with Crippen molar-refractivity contribution in [1.82, 2.24) is 19.7 Å². The molecule has 1 atom stereocenters. The molecule has 2 aromatic heterocycles. The lowest BCUT2D eigenvalue weighted by Gasteiger charge is -2.21. The fourth-order valence-corrected chi connectivity index (χ4v) is 5.43. The summed E-state index contributed by atoms with van der Waals surface area (Å²) in [6, 6.07) is 18.1. The van der Waals surface area contributed by atoms with E-state index in [4.69, 9.17) is 4.74 Å². The van der Waals surface area contributed by atoms with Crippen LogP contribution in [0.15, 0.2) is 65.1 Å². The van der Waals surface area contributed by atoms with E-state index in [1.165, 1.54) is 23.1 Å². The summed E-state index contributed by atoms with van der Waals surface area (Å²) in [7, 11) is 0. The van der Waals surface area contributed by atoms with Crippen molar-refractivity contribution >= 4 is 34.1 Å². The number of thiazole rings is 1. The Morgan fingerprint density at radius 3 is 2.47 bits per heavy atom. The minimum Gasteiger partial charge on any atom is -0.482 e. The van der Waals surface area contributed by atoms with Gasteiger partial charge in [0.15, 0.2) is 22.2 Å². The van der Waals surface area contributed by atoms with Crippen LogP contribution >= 0.6 is 23.1 Å². The quantitative estimate of drug-likeness (QED) is 0.227. The molecule has 0 radical (unpaired) electrons. The van der Waals surface area contributed by atoms with Crippen LogP contribution in [-0.4, -0.2) is 31.4 Å². The zero-order valence-electron chi connectivity index (χ0n) is 21.1. The third-order valence-corrected chi connectivity index (χ3v) is 7.27. The first-order valence-corrected chi connectivity index (χ1v) is 13.8. The third kappa shape index (κ3) is 6.14. The molecule has 0 aliphatic carbocycles. The van der Waals surface area contributed by atoms with Crippen LogP contribution in [0.5, 0.6) is 5.75 Å². The Hall–Kier alpha value is -3.17. The van der Waals surface area contributed by atoms with Gasteiger partial charge in [0.2, 0.25) is 5.91 Å². The highest BCUT2D eigenvalue weighted by Gasteiger charge is 2.23. The summed E-state index contributed by atoms with van der Waals surface area (Å²) in [6.45, 7) is 10.4. The zero-order chi connectivity index (χ0) is 25.7. The van der Waals surface area contributed by atoms with E-state index in [9.17, 15) is 4.79 Å². The Balaban J connectivity index is 1.41. The monoisotopic (exact) mass is 521 g/mol. The number of nitrogens with one attached hydrogen (secondary N) is 1. The molecule has 0 fully saturated rings. The molecule has 188 valence electrons. The van der Waals surface area contributed by atoms with Crippen LogP contribution in [0.2, 0.25) is 0 Å². The molecule has 0 saturated carbocycles. The van der Waals surface area contributed by atoms with Gasteiger partial charge in [-0.2, -0.15) is 0 Å². The lowest BCUT2D eigenvalue weighted by molar-refractivity contribution is -0.113. The SMILES string of the molecule is CC(C)c1ccccc1OC(C)c1nnc(SCC(=O)Nc2nc(-c3ccccc3)cs2)n1C(C)C. The maximum Gasteiger partial charge on any atom is 0.236 e. The predicted octanol–water partition coefficient (Wildman–Crippen LogP) is 6.98. The standard InChI is InChI=1S/C27H31N5O2S2/c1-17(2)21-13-9-10-14-23(21)34-19(5)25-30-31-27(32(25)18(3)4)36-16-24(33)29-26-28-22(15-35-26)20-11-7-6-8-12-20/h6-15,17-19H,16H2,1-5H3,(H,28,29,33). The number of carbonyl (C=O) groups excluding carboxylic acids is 1. The predicted molar refractivity (Wildman–Crippen MR) is 147 cm³/mol. The smallest absolute Gasteiger partial charge is 0.236 e. The van der Waals surface area contributed by atoms with E-state index in [0.717, 1.165) is 28.4 Å². The number of thioether (sulfide) groups is 1. The van der Waals surface area contributed by atoms with Gasteiger partial charge in [0, 0.05) is 17.0 Å². The molecule has 2 aromatic carbocycles. The van der Waals surface area contributed by atoms with Gasteiger partial charge in [0.1, 0.15) is 5.75 Å². The Labute approximate surface area is 220 Å². The van der Waals surface area contributed by atoms with Crippen molar-refractivity contribution in [1.29, 1.82) is 0 Å². The molecule has 2 heterocycles. The highest BCUT2D eigenvalue weighted by Crippen LogP contribution is 2.32. The van der Waals surface area contributed by atoms with E-state index in [1.807, 2.05) is 65.4 Å². The Kier molecular flexibility index (Phi) is 8.43. The van der Waals surface area contributed by atoms with Gasteiger partial charge in [-0.15, -0.1) is 21.5 Å². The van der Waals surface area contributed by atoms with Gasteiger partial charge in [-0.3, -0.25) is 4.79 Å². The number of nitrogens with zero attached hydrogens (tertiary/aromatic N) is 4. The summed E-state index contributed by atoms with van der Waals surface area (Å²) < 4.78 is 8.36. The average Bonchev–Trinajstić information content (AvgIpc) is 3.51. The van der Waals surface area contributed by atoms with Crippen molar-refractivity contribution in [2.45, 2.75) is 57.8 Å². The molecule has 0 saturated heterocycles. The highest BCUT2D eigenvalue weighted by molar-refractivity contribution is 7.99. The van der Waals surface area contributed by atoms with Gasteiger partial charge in [-0.05, 0) is 38.3 Å². The van der Waals surface area contributed by atoms with Crippen molar-refractivity contribution < 1.29 is 9.53 Å². The van der Waals surface area contributed by atoms with E-state index < -0.39 is 0 Å². The van der Waals surface area contributed by atoms with E-state index in [2.05, 4.69) is 54.3 Å². The molecule has 1 unspecified atom stereocenters. The van der Waals surface area contributed by atoms with Gasteiger partial charge in [-0.1, -0.05) is 74.1 Å². The van der Waals surface area contributed by atoms with Crippen LogP contribution in [0, 0.1) is 0 Å². The van der Waals surface area contributed by atoms with Crippen LogP contribution in [-0.2, 0) is 4.79 Å². The summed E-state index contributed by atoms with van der Waals surface area (Å²) in [4.78, 5) is 17.2. The number of anilines is 1. The van der Waals surface area contributed by atoms with Crippen molar-refractivity contribution in [3.8, 4) is 17.0 Å². The number of rotatable bonds is 10. The number of aromatic nitrogens is 4. The molecule has 0 aliphatic heterocycles. The van der Waals surface area contributed by atoms with Gasteiger partial charge >= 0.3 is 0 Å². The first-order valence-electron chi connectivity index (χ1n) is 12.0. The molecule has 0 bridgehead atoms. The number of hydrogen-bond acceptors (Lipinski definition) is 7. The Bertz CT molecular complexity index is 1300. The molecule has 0 spiro atoms. The van der Waals surface area contributed by atoms with Crippen molar-refractivity contribution in [2.75, 3.05) is 11.1 Å². The van der Waals surface area contributed by atoms with E-state index in [-0.39, 0.29) is 23.8 Å². The van der Waals surface area contributed by atoms with Crippen molar-refractivity contribution in [2.24, 2.45) is 0 Å². The number of ether oxygens (including phenoxy) is 1. The molecular formula is C27H31N5O2S2. The highest BCUT2D eigenvalue weighted by atomic mass is 32.2. The number of amides is 1. The van der Waals surface area contributed by atoms with Crippen LogP contribution < -0.4 is 10.1 Å². The van der Waals surface area contributed by atoms with E-state index in [0.29, 0.717) is 16.2 Å². The first-order chi connectivity index (χ1) is 17.3.